The standard InChI is InChI=1S/C56H37N3O2/c1-3-43-46-21-13-14-22-48(46)61-53(43)44(4-2)55-57-54(40-29-25-38(26-30-40)36-17-9-6-10-18-36)58-56(59-55)52-45(39-27-23-37(24-28-39)35-15-7-5-8-16-35)31-32-49-51(52)47-33-41-19-11-12-20-42(41)34-50(47)60-49/h3-34H,2H2,1H3/b43-3-,53-44-. The summed E-state index contributed by atoms with van der Waals surface area (Å²) < 4.78 is 13.3. The highest BCUT2D eigenvalue weighted by Gasteiger charge is 2.23. The van der Waals surface area contributed by atoms with Crippen molar-refractivity contribution in [1.82, 2.24) is 15.0 Å². The van der Waals surface area contributed by atoms with Gasteiger partial charge in [-0.3, -0.25) is 0 Å². The van der Waals surface area contributed by atoms with Gasteiger partial charge in [0.05, 0.1) is 5.57 Å². The first-order valence-electron chi connectivity index (χ1n) is 20.4. The van der Waals surface area contributed by atoms with Crippen molar-refractivity contribution in [1.29, 1.82) is 0 Å². The Morgan fingerprint density at radius 3 is 1.72 bits per heavy atom. The topological polar surface area (TPSA) is 65.0 Å². The minimum Gasteiger partial charge on any atom is -0.456 e. The van der Waals surface area contributed by atoms with Crippen LogP contribution < -0.4 is 10.6 Å². The average Bonchev–Trinajstić information content (AvgIpc) is 3.89. The molecule has 0 fully saturated rings. The Labute approximate surface area is 352 Å². The molecule has 11 aromatic rings. The van der Waals surface area contributed by atoms with Crippen molar-refractivity contribution >= 4 is 55.3 Å². The zero-order valence-electron chi connectivity index (χ0n) is 33.3. The summed E-state index contributed by atoms with van der Waals surface area (Å²) in [5.41, 5.74) is 11.8. The zero-order chi connectivity index (χ0) is 40.9. The van der Waals surface area contributed by atoms with Gasteiger partial charge < -0.3 is 8.83 Å². The fourth-order valence-corrected chi connectivity index (χ4v) is 8.52. The summed E-state index contributed by atoms with van der Waals surface area (Å²) in [6, 6.07) is 62.8. The second kappa shape index (κ2) is 14.9. The molecule has 5 heteroatoms. The number of aromatic nitrogens is 3. The van der Waals surface area contributed by atoms with Gasteiger partial charge in [0.25, 0.3) is 0 Å². The molecule has 3 aromatic heterocycles. The molecule has 8 aromatic carbocycles. The first-order valence-corrected chi connectivity index (χ1v) is 20.4. The molecule has 5 nitrogen and oxygen atoms in total. The molecule has 0 amide bonds. The number of fused-ring (bicyclic) bond motifs is 5. The Balaban J connectivity index is 1.22. The molecule has 61 heavy (non-hydrogen) atoms. The van der Waals surface area contributed by atoms with Gasteiger partial charge in [-0.15, -0.1) is 0 Å². The number of allylic oxidation sites excluding steroid dienone is 1. The van der Waals surface area contributed by atoms with Gasteiger partial charge in [0.2, 0.25) is 0 Å². The van der Waals surface area contributed by atoms with E-state index in [1.807, 2.05) is 37.3 Å². The number of hydrogen-bond donors (Lipinski definition) is 0. The summed E-state index contributed by atoms with van der Waals surface area (Å²) in [7, 11) is 0. The second-order valence-corrected chi connectivity index (χ2v) is 15.1. The van der Waals surface area contributed by atoms with Crippen LogP contribution in [0.5, 0.6) is 0 Å². The molecule has 0 saturated carbocycles. The van der Waals surface area contributed by atoms with Gasteiger partial charge >= 0.3 is 0 Å². The normalized spacial score (nSPS) is 12.4. The highest BCUT2D eigenvalue weighted by molar-refractivity contribution is 6.17. The largest absolute Gasteiger partial charge is 0.456 e. The Morgan fingerprint density at radius 1 is 0.475 bits per heavy atom. The monoisotopic (exact) mass is 783 g/mol. The van der Waals surface area contributed by atoms with Gasteiger partial charge in [-0.2, -0.15) is 0 Å². The molecule has 0 aliphatic carbocycles. The van der Waals surface area contributed by atoms with E-state index in [2.05, 4.69) is 164 Å². The minimum atomic E-state index is 0.449. The second-order valence-electron chi connectivity index (χ2n) is 15.1. The third-order valence-electron chi connectivity index (χ3n) is 11.5. The van der Waals surface area contributed by atoms with Crippen LogP contribution in [-0.4, -0.2) is 15.0 Å². The van der Waals surface area contributed by atoms with E-state index in [4.69, 9.17) is 23.8 Å². The first-order chi connectivity index (χ1) is 30.1. The van der Waals surface area contributed by atoms with Crippen molar-refractivity contribution in [3.8, 4) is 56.2 Å². The van der Waals surface area contributed by atoms with E-state index in [-0.39, 0.29) is 0 Å². The zero-order valence-corrected chi connectivity index (χ0v) is 33.3. The van der Waals surface area contributed by atoms with Crippen LogP contribution in [-0.2, 0) is 0 Å². The Bertz CT molecular complexity index is 3590. The third kappa shape index (κ3) is 6.31. The van der Waals surface area contributed by atoms with Crippen molar-refractivity contribution in [2.45, 2.75) is 6.92 Å². The van der Waals surface area contributed by atoms with E-state index in [1.165, 1.54) is 0 Å². The van der Waals surface area contributed by atoms with Crippen molar-refractivity contribution in [2.24, 2.45) is 0 Å². The predicted octanol–water partition coefficient (Wildman–Crippen LogP) is 13.2. The van der Waals surface area contributed by atoms with Crippen molar-refractivity contribution in [3.63, 3.8) is 0 Å². The lowest BCUT2D eigenvalue weighted by Crippen LogP contribution is -2.23. The fourth-order valence-electron chi connectivity index (χ4n) is 8.52. The van der Waals surface area contributed by atoms with E-state index < -0.39 is 0 Å². The van der Waals surface area contributed by atoms with Gasteiger partial charge in [0, 0.05) is 32.5 Å². The summed E-state index contributed by atoms with van der Waals surface area (Å²) in [5.74, 6) is 1.48. The van der Waals surface area contributed by atoms with Gasteiger partial charge in [-0.05, 0) is 81.4 Å². The molecule has 0 unspecified atom stereocenters. The number of hydrogen-bond acceptors (Lipinski definition) is 5. The summed E-state index contributed by atoms with van der Waals surface area (Å²) in [6.45, 7) is 6.31. The minimum absolute atomic E-state index is 0.449. The lowest BCUT2D eigenvalue weighted by molar-refractivity contribution is 0.572. The Morgan fingerprint density at radius 2 is 1.05 bits per heavy atom. The quantitative estimate of drug-likeness (QED) is 0.161. The predicted molar refractivity (Wildman–Crippen MR) is 250 cm³/mol. The fraction of sp³-hybridized carbons (Fsp3) is 0.0179. The number of furan rings is 2. The molecule has 0 bridgehead atoms. The van der Waals surface area contributed by atoms with Crippen LogP contribution in [0.1, 0.15) is 12.7 Å². The molecule has 11 rings (SSSR count). The maximum atomic E-state index is 6.68. The molecular formula is C56H37N3O2. The molecule has 288 valence electrons. The van der Waals surface area contributed by atoms with Gasteiger partial charge in [-0.1, -0.05) is 170 Å². The smallest absolute Gasteiger partial charge is 0.167 e. The van der Waals surface area contributed by atoms with E-state index in [9.17, 15) is 0 Å². The number of nitrogens with zero attached hydrogens (tertiary/aromatic N) is 3. The summed E-state index contributed by atoms with van der Waals surface area (Å²) in [6.07, 6.45) is 3.85. The van der Waals surface area contributed by atoms with Crippen molar-refractivity contribution in [3.05, 3.63) is 211 Å². The van der Waals surface area contributed by atoms with Crippen LogP contribution in [0.15, 0.2) is 203 Å². The number of rotatable bonds is 7. The SMILES string of the molecule is C=C/C(c1nc(-c2ccc(-c3ccccc3)cc2)nc(-c2c(-c3ccc(-c4ccccc4)cc3)ccc3oc4cc5ccccc5cc4c23)n1)=c1/oc2ccccc2/c1=C/C. The van der Waals surface area contributed by atoms with Crippen LogP contribution in [0, 0.1) is 0 Å². The molecule has 0 aliphatic heterocycles. The molecule has 0 radical (unpaired) electrons. The lowest BCUT2D eigenvalue weighted by Gasteiger charge is -2.14. The molecule has 0 N–H and O–H groups in total. The van der Waals surface area contributed by atoms with Crippen LogP contribution >= 0.6 is 0 Å². The number of para-hydroxylation sites is 1. The van der Waals surface area contributed by atoms with Gasteiger partial charge in [-0.25, -0.2) is 15.0 Å². The molecular weight excluding hydrogens is 747 g/mol. The molecule has 3 heterocycles. The van der Waals surface area contributed by atoms with Crippen LogP contribution in [0.25, 0.3) is 111 Å². The summed E-state index contributed by atoms with van der Waals surface area (Å²) in [4.78, 5) is 16.0. The van der Waals surface area contributed by atoms with E-state index in [0.717, 1.165) is 93.4 Å². The van der Waals surface area contributed by atoms with Crippen molar-refractivity contribution in [2.75, 3.05) is 0 Å². The molecule has 0 spiro atoms. The highest BCUT2D eigenvalue weighted by Crippen LogP contribution is 2.43. The maximum absolute atomic E-state index is 6.68. The highest BCUT2D eigenvalue weighted by atomic mass is 16.3. The van der Waals surface area contributed by atoms with Crippen LogP contribution in [0.4, 0.5) is 0 Å². The molecule has 0 atom stereocenters. The lowest BCUT2D eigenvalue weighted by atomic mass is 9.93. The summed E-state index contributed by atoms with van der Waals surface area (Å²) >= 11 is 0. The van der Waals surface area contributed by atoms with E-state index >= 15 is 0 Å². The van der Waals surface area contributed by atoms with Crippen molar-refractivity contribution < 1.29 is 8.83 Å². The maximum Gasteiger partial charge on any atom is 0.167 e. The van der Waals surface area contributed by atoms with Gasteiger partial charge in [0.15, 0.2) is 17.5 Å². The first kappa shape index (κ1) is 36.0. The van der Waals surface area contributed by atoms with E-state index in [1.54, 1.807) is 6.08 Å². The number of benzene rings is 8. The van der Waals surface area contributed by atoms with Gasteiger partial charge in [0.1, 0.15) is 22.2 Å². The third-order valence-corrected chi connectivity index (χ3v) is 11.5. The Hall–Kier alpha value is -8.15. The summed E-state index contributed by atoms with van der Waals surface area (Å²) in [5, 5.41) is 6.10. The molecule has 0 aliphatic rings. The van der Waals surface area contributed by atoms with E-state index in [0.29, 0.717) is 28.5 Å². The van der Waals surface area contributed by atoms with Crippen LogP contribution in [0.3, 0.4) is 0 Å². The van der Waals surface area contributed by atoms with Crippen LogP contribution in [0.2, 0.25) is 0 Å². The molecule has 0 saturated heterocycles. The Kier molecular flexibility index (Phi) is 8.79. The average molecular weight is 784 g/mol.